The monoisotopic (exact) mass is 282 g/mol. The zero-order valence-electron chi connectivity index (χ0n) is 11.9. The highest BCUT2D eigenvalue weighted by Crippen LogP contribution is 2.22. The van der Waals surface area contributed by atoms with Crippen molar-refractivity contribution in [3.05, 3.63) is 23.4 Å². The van der Waals surface area contributed by atoms with Gasteiger partial charge in [0.15, 0.2) is 0 Å². The second-order valence-corrected chi connectivity index (χ2v) is 5.42. The van der Waals surface area contributed by atoms with Gasteiger partial charge in [0.2, 0.25) is 0 Å². The van der Waals surface area contributed by atoms with E-state index in [1.54, 1.807) is 7.11 Å². The number of anilines is 1. The van der Waals surface area contributed by atoms with Crippen molar-refractivity contribution in [2.24, 2.45) is 0 Å². The lowest BCUT2D eigenvalue weighted by Crippen LogP contribution is -2.39. The maximum absolute atomic E-state index is 5.99. The first-order valence-electron chi connectivity index (χ1n) is 7.10. The Morgan fingerprint density at radius 2 is 2.32 bits per heavy atom. The van der Waals surface area contributed by atoms with E-state index in [9.17, 15) is 0 Å². The molecule has 4 heteroatoms. The van der Waals surface area contributed by atoms with Crippen LogP contribution in [0.5, 0.6) is 0 Å². The van der Waals surface area contributed by atoms with Crippen LogP contribution in [0.1, 0.15) is 37.4 Å². The topological polar surface area (TPSA) is 25.4 Å². The molecule has 1 saturated heterocycles. The predicted molar refractivity (Wildman–Crippen MR) is 80.0 cm³/mol. The highest BCUT2D eigenvalue weighted by atomic mass is 35.5. The summed E-state index contributed by atoms with van der Waals surface area (Å²) in [6, 6.07) is 4.24. The van der Waals surface area contributed by atoms with E-state index in [4.69, 9.17) is 21.3 Å². The van der Waals surface area contributed by atoms with Crippen molar-refractivity contribution in [1.29, 1.82) is 0 Å². The van der Waals surface area contributed by atoms with E-state index in [0.29, 0.717) is 12.0 Å². The van der Waals surface area contributed by atoms with Crippen molar-refractivity contribution < 1.29 is 4.74 Å². The Kier molecular flexibility index (Phi) is 5.46. The lowest BCUT2D eigenvalue weighted by Gasteiger charge is -2.33. The van der Waals surface area contributed by atoms with Gasteiger partial charge in [-0.25, -0.2) is 4.98 Å². The van der Waals surface area contributed by atoms with Crippen molar-refractivity contribution in [3.8, 4) is 0 Å². The first-order chi connectivity index (χ1) is 9.26. The van der Waals surface area contributed by atoms with Gasteiger partial charge >= 0.3 is 0 Å². The summed E-state index contributed by atoms with van der Waals surface area (Å²) in [6.45, 7) is 4.17. The van der Waals surface area contributed by atoms with Crippen molar-refractivity contribution >= 4 is 17.4 Å². The average Bonchev–Trinajstić information content (AvgIpc) is 2.47. The average molecular weight is 283 g/mol. The lowest BCUT2D eigenvalue weighted by molar-refractivity contribution is 0.0891. The molecule has 0 bridgehead atoms. The number of hydrogen-bond acceptors (Lipinski definition) is 3. The van der Waals surface area contributed by atoms with Gasteiger partial charge < -0.3 is 9.64 Å². The van der Waals surface area contributed by atoms with Crippen LogP contribution in [-0.2, 0) is 17.0 Å². The van der Waals surface area contributed by atoms with E-state index in [0.717, 1.165) is 55.8 Å². The minimum Gasteiger partial charge on any atom is -0.380 e. The minimum absolute atomic E-state index is 0.324. The van der Waals surface area contributed by atoms with Gasteiger partial charge in [-0.15, -0.1) is 11.6 Å². The van der Waals surface area contributed by atoms with Gasteiger partial charge in [0, 0.05) is 31.8 Å². The maximum atomic E-state index is 5.99. The van der Waals surface area contributed by atoms with Crippen LogP contribution in [0.15, 0.2) is 12.1 Å². The molecule has 0 aromatic carbocycles. The summed E-state index contributed by atoms with van der Waals surface area (Å²) in [7, 11) is 1.79. The van der Waals surface area contributed by atoms with Crippen molar-refractivity contribution in [1.82, 2.24) is 4.98 Å². The Labute approximate surface area is 120 Å². The first-order valence-corrected chi connectivity index (χ1v) is 7.63. The quantitative estimate of drug-likeness (QED) is 0.774. The molecule has 106 valence electrons. The molecule has 2 heterocycles. The molecular weight excluding hydrogens is 260 g/mol. The summed E-state index contributed by atoms with van der Waals surface area (Å²) >= 11 is 5.99. The van der Waals surface area contributed by atoms with E-state index in [1.807, 2.05) is 0 Å². The molecule has 1 atom stereocenters. The summed E-state index contributed by atoms with van der Waals surface area (Å²) in [6.07, 6.45) is 4.75. The van der Waals surface area contributed by atoms with Gasteiger partial charge in [-0.3, -0.25) is 0 Å². The fourth-order valence-corrected chi connectivity index (χ4v) is 2.75. The SMILES string of the molecule is CCCc1cc(CCl)cc(N2CCCC(OC)C2)n1. The fourth-order valence-electron chi connectivity index (χ4n) is 2.60. The maximum Gasteiger partial charge on any atom is 0.129 e. The second-order valence-electron chi connectivity index (χ2n) is 5.15. The van der Waals surface area contributed by atoms with E-state index in [2.05, 4.69) is 24.0 Å². The number of piperidine rings is 1. The molecule has 3 nitrogen and oxygen atoms in total. The number of aromatic nitrogens is 1. The highest BCUT2D eigenvalue weighted by molar-refractivity contribution is 6.17. The Balaban J connectivity index is 2.19. The van der Waals surface area contributed by atoms with Crippen LogP contribution in [0, 0.1) is 0 Å². The summed E-state index contributed by atoms with van der Waals surface area (Å²) in [5.74, 6) is 1.61. The normalized spacial score (nSPS) is 19.7. The number of nitrogens with zero attached hydrogens (tertiary/aromatic N) is 2. The zero-order valence-corrected chi connectivity index (χ0v) is 12.6. The molecule has 0 radical (unpaired) electrons. The van der Waals surface area contributed by atoms with Gasteiger partial charge in [0.25, 0.3) is 0 Å². The summed E-state index contributed by atoms with van der Waals surface area (Å²) in [5.41, 5.74) is 2.31. The predicted octanol–water partition coefficient (Wildman–Crippen LogP) is 3.39. The van der Waals surface area contributed by atoms with Crippen LogP contribution in [0.2, 0.25) is 0 Å². The molecule has 1 aliphatic rings. The van der Waals surface area contributed by atoms with Crippen LogP contribution in [-0.4, -0.2) is 31.3 Å². The van der Waals surface area contributed by atoms with Crippen LogP contribution in [0.4, 0.5) is 5.82 Å². The van der Waals surface area contributed by atoms with Crippen LogP contribution < -0.4 is 4.90 Å². The summed E-state index contributed by atoms with van der Waals surface area (Å²) in [4.78, 5) is 7.10. The molecule has 2 rings (SSSR count). The van der Waals surface area contributed by atoms with E-state index < -0.39 is 0 Å². The number of hydrogen-bond donors (Lipinski definition) is 0. The molecule has 0 saturated carbocycles. The van der Waals surface area contributed by atoms with Gasteiger partial charge in [0.05, 0.1) is 6.10 Å². The Bertz CT molecular complexity index is 411. The van der Waals surface area contributed by atoms with Crippen LogP contribution in [0.25, 0.3) is 0 Å². The molecule has 0 spiro atoms. The van der Waals surface area contributed by atoms with Gasteiger partial charge in [-0.05, 0) is 37.0 Å². The number of methoxy groups -OCH3 is 1. The van der Waals surface area contributed by atoms with E-state index >= 15 is 0 Å². The standard InChI is InChI=1S/C15H23ClN2O/c1-3-5-13-8-12(10-16)9-15(17-13)18-7-4-6-14(11-18)19-2/h8-9,14H,3-7,10-11H2,1-2H3. The van der Waals surface area contributed by atoms with Crippen molar-refractivity contribution in [2.75, 3.05) is 25.1 Å². The van der Waals surface area contributed by atoms with Crippen LogP contribution >= 0.6 is 11.6 Å². The number of halogens is 1. The fraction of sp³-hybridized carbons (Fsp3) is 0.667. The third-order valence-corrected chi connectivity index (χ3v) is 3.93. The minimum atomic E-state index is 0.324. The van der Waals surface area contributed by atoms with Crippen LogP contribution in [0.3, 0.4) is 0 Å². The Hall–Kier alpha value is -0.800. The molecule has 0 amide bonds. The molecule has 1 aliphatic heterocycles. The highest BCUT2D eigenvalue weighted by Gasteiger charge is 2.21. The van der Waals surface area contributed by atoms with Crippen molar-refractivity contribution in [3.63, 3.8) is 0 Å². The lowest BCUT2D eigenvalue weighted by atomic mass is 10.1. The van der Waals surface area contributed by atoms with E-state index in [-0.39, 0.29) is 0 Å². The third kappa shape index (κ3) is 3.83. The number of pyridine rings is 1. The molecule has 1 unspecified atom stereocenters. The van der Waals surface area contributed by atoms with Gasteiger partial charge in [-0.1, -0.05) is 13.3 Å². The molecule has 0 N–H and O–H groups in total. The molecule has 0 aliphatic carbocycles. The summed E-state index contributed by atoms with van der Waals surface area (Å²) < 4.78 is 5.48. The van der Waals surface area contributed by atoms with E-state index in [1.165, 1.54) is 0 Å². The first kappa shape index (κ1) is 14.6. The zero-order chi connectivity index (χ0) is 13.7. The number of aryl methyl sites for hydroxylation is 1. The third-order valence-electron chi connectivity index (χ3n) is 3.62. The number of alkyl halides is 1. The largest absolute Gasteiger partial charge is 0.380 e. The smallest absolute Gasteiger partial charge is 0.129 e. The number of rotatable bonds is 5. The molecule has 1 aromatic rings. The van der Waals surface area contributed by atoms with Gasteiger partial charge in [-0.2, -0.15) is 0 Å². The second kappa shape index (κ2) is 7.11. The molecular formula is C15H23ClN2O. The Morgan fingerprint density at radius 1 is 1.47 bits per heavy atom. The Morgan fingerprint density at radius 3 is 3.00 bits per heavy atom. The molecule has 19 heavy (non-hydrogen) atoms. The van der Waals surface area contributed by atoms with Crippen molar-refractivity contribution in [2.45, 2.75) is 44.6 Å². The number of ether oxygens (including phenoxy) is 1. The molecule has 1 aromatic heterocycles. The van der Waals surface area contributed by atoms with Gasteiger partial charge in [0.1, 0.15) is 5.82 Å². The summed E-state index contributed by atoms with van der Waals surface area (Å²) in [5, 5.41) is 0. The molecule has 1 fully saturated rings.